The lowest BCUT2D eigenvalue weighted by molar-refractivity contribution is -0.251. The van der Waals surface area contributed by atoms with Gasteiger partial charge in [-0.1, -0.05) is 12.1 Å². The van der Waals surface area contributed by atoms with Crippen molar-refractivity contribution in [3.63, 3.8) is 0 Å². The van der Waals surface area contributed by atoms with Gasteiger partial charge in [0.25, 0.3) is 0 Å². The molecule has 0 unspecified atom stereocenters. The number of fused-ring (bicyclic) bond motifs is 3. The highest BCUT2D eigenvalue weighted by Gasteiger charge is 2.50. The summed E-state index contributed by atoms with van der Waals surface area (Å²) in [6.07, 6.45) is -6.45. The number of halogens is 1. The Morgan fingerprint density at radius 3 is 2.45 bits per heavy atom. The van der Waals surface area contributed by atoms with Crippen molar-refractivity contribution >= 4 is 24.0 Å². The van der Waals surface area contributed by atoms with Gasteiger partial charge in [0.05, 0.1) is 54.3 Å². The number of ether oxygens (including phenoxy) is 3. The van der Waals surface area contributed by atoms with Gasteiger partial charge < -0.3 is 50.6 Å². The van der Waals surface area contributed by atoms with Crippen LogP contribution in [-0.2, 0) is 15.9 Å². The van der Waals surface area contributed by atoms with Gasteiger partial charge in [0.15, 0.2) is 12.1 Å². The summed E-state index contributed by atoms with van der Waals surface area (Å²) in [7, 11) is 1.33. The molecular formula is C27H32ClNO11. The predicted molar refractivity (Wildman–Crippen MR) is 140 cm³/mol. The number of hydrogen-bond donors (Lipinski definition) is 7. The number of aromatic hydroxyl groups is 2. The SMILES string of the molecule is COc1cccc2c1C(=O)c1c(O)c3c(c(O)c1C2=O)C[C@@](O)([C@H](O)CO)C[C@@H]3O[C@H]1C[C@H](N)[C@H](O)[C@H](C)O1.Cl. The Balaban J connectivity index is 0.00000370. The Hall–Kier alpha value is -2.81. The number of rotatable bonds is 5. The topological polar surface area (TPSA) is 209 Å². The van der Waals surface area contributed by atoms with Crippen molar-refractivity contribution in [1.29, 1.82) is 0 Å². The van der Waals surface area contributed by atoms with Gasteiger partial charge in [-0.2, -0.15) is 0 Å². The van der Waals surface area contributed by atoms with Gasteiger partial charge in [-0.3, -0.25) is 9.59 Å². The molecule has 2 aromatic rings. The number of aliphatic hydroxyl groups is 4. The Morgan fingerprint density at radius 2 is 1.82 bits per heavy atom. The predicted octanol–water partition coefficient (Wildman–Crippen LogP) is 0.215. The van der Waals surface area contributed by atoms with E-state index in [4.69, 9.17) is 19.9 Å². The molecule has 1 heterocycles. The number of carbonyl (C=O) groups is 2. The van der Waals surface area contributed by atoms with E-state index in [1.165, 1.54) is 25.3 Å². The molecule has 0 radical (unpaired) electrons. The van der Waals surface area contributed by atoms with Crippen LogP contribution in [0.1, 0.15) is 68.8 Å². The molecule has 2 aliphatic carbocycles. The zero-order chi connectivity index (χ0) is 28.4. The zero-order valence-electron chi connectivity index (χ0n) is 21.7. The highest BCUT2D eigenvalue weighted by atomic mass is 35.5. The van der Waals surface area contributed by atoms with Crippen LogP contribution in [0.3, 0.4) is 0 Å². The second-order valence-corrected chi connectivity index (χ2v) is 10.3. The number of nitrogens with two attached hydrogens (primary N) is 1. The fourth-order valence-electron chi connectivity index (χ4n) is 5.84. The second-order valence-electron chi connectivity index (χ2n) is 10.3. The van der Waals surface area contributed by atoms with E-state index in [1.807, 2.05) is 0 Å². The van der Waals surface area contributed by atoms with Gasteiger partial charge in [-0.25, -0.2) is 0 Å². The second kappa shape index (κ2) is 10.9. The number of aliphatic hydroxyl groups excluding tert-OH is 3. The van der Waals surface area contributed by atoms with E-state index in [9.17, 15) is 40.2 Å². The number of phenols is 2. The number of benzene rings is 2. The highest BCUT2D eigenvalue weighted by molar-refractivity contribution is 6.31. The number of phenolic OH excluding ortho intramolecular Hbond substituents is 2. The molecule has 7 atom stereocenters. The third kappa shape index (κ3) is 4.54. The van der Waals surface area contributed by atoms with Crippen LogP contribution in [0.15, 0.2) is 18.2 Å². The van der Waals surface area contributed by atoms with E-state index in [2.05, 4.69) is 0 Å². The first-order chi connectivity index (χ1) is 18.4. The normalized spacial score (nSPS) is 30.0. The van der Waals surface area contributed by atoms with Crippen LogP contribution in [0.2, 0.25) is 0 Å². The summed E-state index contributed by atoms with van der Waals surface area (Å²) in [6, 6.07) is 3.69. The van der Waals surface area contributed by atoms with Crippen LogP contribution in [0.4, 0.5) is 0 Å². The van der Waals surface area contributed by atoms with Gasteiger partial charge in [0.1, 0.15) is 23.4 Å². The molecule has 5 rings (SSSR count). The molecule has 13 heteroatoms. The summed E-state index contributed by atoms with van der Waals surface area (Å²) >= 11 is 0. The van der Waals surface area contributed by atoms with Crippen molar-refractivity contribution in [2.45, 2.75) is 68.5 Å². The maximum absolute atomic E-state index is 13.7. The lowest BCUT2D eigenvalue weighted by Crippen LogP contribution is -2.53. The van der Waals surface area contributed by atoms with Gasteiger partial charge in [-0.15, -0.1) is 12.4 Å². The first kappa shape index (κ1) is 30.2. The number of hydrogen-bond acceptors (Lipinski definition) is 12. The maximum atomic E-state index is 13.7. The summed E-state index contributed by atoms with van der Waals surface area (Å²) in [6.45, 7) is 0.768. The van der Waals surface area contributed by atoms with E-state index < -0.39 is 89.6 Å². The Labute approximate surface area is 235 Å². The molecule has 12 nitrogen and oxygen atoms in total. The molecule has 8 N–H and O–H groups in total. The van der Waals surface area contributed by atoms with Crippen LogP contribution in [0, 0.1) is 0 Å². The first-order valence-corrected chi connectivity index (χ1v) is 12.6. The van der Waals surface area contributed by atoms with Crippen molar-refractivity contribution in [3.8, 4) is 17.2 Å². The van der Waals surface area contributed by atoms with Gasteiger partial charge >= 0.3 is 0 Å². The van der Waals surface area contributed by atoms with Crippen LogP contribution >= 0.6 is 12.4 Å². The minimum Gasteiger partial charge on any atom is -0.507 e. The number of ketones is 2. The maximum Gasteiger partial charge on any atom is 0.202 e. The van der Waals surface area contributed by atoms with Crippen molar-refractivity contribution in [2.24, 2.45) is 5.73 Å². The monoisotopic (exact) mass is 581 g/mol. The average Bonchev–Trinajstić information content (AvgIpc) is 2.90. The highest BCUT2D eigenvalue weighted by Crippen LogP contribution is 2.52. The molecule has 0 saturated carbocycles. The minimum absolute atomic E-state index is 0. The van der Waals surface area contributed by atoms with Gasteiger partial charge in [0, 0.05) is 42.0 Å². The number of methoxy groups -OCH3 is 1. The smallest absolute Gasteiger partial charge is 0.202 e. The first-order valence-electron chi connectivity index (χ1n) is 12.6. The molecule has 218 valence electrons. The summed E-state index contributed by atoms with van der Waals surface area (Å²) in [5, 5.41) is 64.4. The lowest BCUT2D eigenvalue weighted by atomic mass is 9.71. The molecule has 0 amide bonds. The molecule has 2 aromatic carbocycles. The Morgan fingerprint density at radius 1 is 1.15 bits per heavy atom. The van der Waals surface area contributed by atoms with Crippen molar-refractivity contribution < 1.29 is 54.4 Å². The zero-order valence-corrected chi connectivity index (χ0v) is 22.6. The third-order valence-electron chi connectivity index (χ3n) is 7.97. The van der Waals surface area contributed by atoms with Gasteiger partial charge in [0.2, 0.25) is 5.78 Å². The molecule has 0 aromatic heterocycles. The van der Waals surface area contributed by atoms with E-state index in [0.29, 0.717) is 0 Å². The van der Waals surface area contributed by atoms with Crippen LogP contribution in [-0.4, -0.2) is 92.2 Å². The van der Waals surface area contributed by atoms with Gasteiger partial charge in [-0.05, 0) is 13.0 Å². The quantitative estimate of drug-likeness (QED) is 0.202. The fraction of sp³-hybridized carbons (Fsp3) is 0.481. The van der Waals surface area contributed by atoms with Crippen LogP contribution < -0.4 is 10.5 Å². The molecule has 0 spiro atoms. The molecule has 1 fully saturated rings. The molecule has 1 aliphatic heterocycles. The summed E-state index contributed by atoms with van der Waals surface area (Å²) < 4.78 is 17.1. The van der Waals surface area contributed by atoms with E-state index in [1.54, 1.807) is 6.92 Å². The van der Waals surface area contributed by atoms with Crippen LogP contribution in [0.5, 0.6) is 17.2 Å². The lowest BCUT2D eigenvalue weighted by Gasteiger charge is -2.44. The number of carbonyl (C=O) groups excluding carboxylic acids is 2. The van der Waals surface area contributed by atoms with Crippen LogP contribution in [0.25, 0.3) is 0 Å². The van der Waals surface area contributed by atoms with E-state index in [-0.39, 0.29) is 53.3 Å². The molecule has 1 saturated heterocycles. The molecule has 3 aliphatic rings. The van der Waals surface area contributed by atoms with Crippen molar-refractivity contribution in [3.05, 3.63) is 51.6 Å². The summed E-state index contributed by atoms with van der Waals surface area (Å²) in [5.74, 6) is -2.68. The average molecular weight is 582 g/mol. The largest absolute Gasteiger partial charge is 0.507 e. The van der Waals surface area contributed by atoms with E-state index in [0.717, 1.165) is 0 Å². The summed E-state index contributed by atoms with van der Waals surface area (Å²) in [4.78, 5) is 27.2. The minimum atomic E-state index is -2.05. The molecular weight excluding hydrogens is 550 g/mol. The summed E-state index contributed by atoms with van der Waals surface area (Å²) in [5.41, 5.74) is 2.77. The van der Waals surface area contributed by atoms with E-state index >= 15 is 0 Å². The fourth-order valence-corrected chi connectivity index (χ4v) is 5.84. The standard InChI is InChI=1S/C27H31NO11.ClH/c1-10-22(31)13(28)6-17(38-10)39-15-8-27(36,16(30)9-29)7-12-19(15)26(35)21-20(24(12)33)23(32)11-4-3-5-14(37-2)18(11)25(21)34;/h3-5,10,13,15-17,22,29-31,33,35-36H,6-9,28H2,1-2H3;1H/t10-,13-,15-,16+,17-,22+,27-;/m0./s1. The van der Waals surface area contributed by atoms with Crippen molar-refractivity contribution in [1.82, 2.24) is 0 Å². The third-order valence-corrected chi connectivity index (χ3v) is 7.97. The molecule has 0 bridgehead atoms. The Kier molecular flexibility index (Phi) is 8.20. The van der Waals surface area contributed by atoms with Crippen molar-refractivity contribution in [2.75, 3.05) is 13.7 Å². The molecule has 40 heavy (non-hydrogen) atoms. The Bertz CT molecular complexity index is 1340.